The first-order chi connectivity index (χ1) is 6.74. The molecule has 0 heterocycles. The fraction of sp³-hybridized carbons (Fsp3) is 0.400. The third-order valence-corrected chi connectivity index (χ3v) is 1.96. The van der Waals surface area contributed by atoms with Crippen LogP contribution in [0.4, 0.5) is 5.69 Å². The van der Waals surface area contributed by atoms with Gasteiger partial charge in [0.15, 0.2) is 0 Å². The molecule has 4 heteroatoms. The average molecular weight is 196 g/mol. The first-order valence-electron chi connectivity index (χ1n) is 4.63. The Kier molecular flexibility index (Phi) is 4.22. The van der Waals surface area contributed by atoms with Crippen LogP contribution in [0.3, 0.4) is 0 Å². The molecule has 0 radical (unpaired) electrons. The summed E-state index contributed by atoms with van der Waals surface area (Å²) in [5, 5.41) is 21.0. The number of hydrogen-bond donors (Lipinski definition) is 4. The highest BCUT2D eigenvalue weighted by molar-refractivity contribution is 5.47. The third kappa shape index (κ3) is 3.24. The summed E-state index contributed by atoms with van der Waals surface area (Å²) >= 11 is 0. The van der Waals surface area contributed by atoms with E-state index >= 15 is 0 Å². The summed E-state index contributed by atoms with van der Waals surface area (Å²) in [7, 11) is 0. The van der Waals surface area contributed by atoms with Gasteiger partial charge >= 0.3 is 0 Å². The van der Waals surface area contributed by atoms with Crippen LogP contribution in [0, 0.1) is 0 Å². The maximum Gasteiger partial charge on any atom is 0.118 e. The second-order valence-electron chi connectivity index (χ2n) is 3.11. The van der Waals surface area contributed by atoms with Crippen LogP contribution >= 0.6 is 0 Å². The Morgan fingerprint density at radius 2 is 2.07 bits per heavy atom. The van der Waals surface area contributed by atoms with Crippen molar-refractivity contribution in [2.75, 3.05) is 25.4 Å². The molecule has 1 aromatic rings. The van der Waals surface area contributed by atoms with Crippen molar-refractivity contribution in [3.63, 3.8) is 0 Å². The zero-order chi connectivity index (χ0) is 10.4. The lowest BCUT2D eigenvalue weighted by Crippen LogP contribution is -2.20. The fourth-order valence-electron chi connectivity index (χ4n) is 1.23. The van der Waals surface area contributed by atoms with E-state index in [0.717, 1.165) is 12.1 Å². The molecule has 0 aliphatic heterocycles. The summed E-state index contributed by atoms with van der Waals surface area (Å²) in [6, 6.07) is 5.02. The molecule has 78 valence electrons. The molecule has 0 saturated carbocycles. The minimum atomic E-state index is 0.128. The van der Waals surface area contributed by atoms with E-state index in [9.17, 15) is 5.11 Å². The molecular formula is C10H16N2O2. The Bertz CT molecular complexity index is 289. The third-order valence-electron chi connectivity index (χ3n) is 1.96. The molecule has 1 rings (SSSR count). The van der Waals surface area contributed by atoms with Crippen LogP contribution in [0.15, 0.2) is 18.2 Å². The fourth-order valence-corrected chi connectivity index (χ4v) is 1.23. The number of nitrogen functional groups attached to an aromatic ring is 1. The van der Waals surface area contributed by atoms with Crippen LogP contribution in [0.2, 0.25) is 0 Å². The van der Waals surface area contributed by atoms with Crippen molar-refractivity contribution in [2.45, 2.75) is 6.42 Å². The minimum Gasteiger partial charge on any atom is -0.508 e. The molecule has 0 atom stereocenters. The summed E-state index contributed by atoms with van der Waals surface area (Å²) in [5.74, 6) is 0.269. The van der Waals surface area contributed by atoms with Gasteiger partial charge in [-0.2, -0.15) is 0 Å². The number of nitrogens with two attached hydrogens (primary N) is 1. The molecule has 0 fully saturated rings. The standard InChI is InChI=1S/C10H16N2O2/c11-9-1-2-10(14)8(7-9)3-4-12-5-6-13/h1-2,7,12-14H,3-6,11H2. The SMILES string of the molecule is Nc1ccc(O)c(CCNCCO)c1. The summed E-state index contributed by atoms with van der Waals surface area (Å²) < 4.78 is 0. The molecule has 5 N–H and O–H groups in total. The van der Waals surface area contributed by atoms with Gasteiger partial charge in [0.1, 0.15) is 5.75 Å². The molecule has 1 aromatic carbocycles. The van der Waals surface area contributed by atoms with Crippen molar-refractivity contribution in [3.8, 4) is 5.75 Å². The van der Waals surface area contributed by atoms with Gasteiger partial charge in [-0.05, 0) is 36.7 Å². The van der Waals surface area contributed by atoms with Gasteiger partial charge in [-0.25, -0.2) is 0 Å². The monoisotopic (exact) mass is 196 g/mol. The molecule has 0 aliphatic rings. The van der Waals surface area contributed by atoms with E-state index in [1.54, 1.807) is 18.2 Å². The number of phenols is 1. The first kappa shape index (κ1) is 10.8. The minimum absolute atomic E-state index is 0.128. The van der Waals surface area contributed by atoms with Crippen LogP contribution < -0.4 is 11.1 Å². The predicted molar refractivity (Wildman–Crippen MR) is 56.2 cm³/mol. The largest absolute Gasteiger partial charge is 0.508 e. The van der Waals surface area contributed by atoms with Crippen molar-refractivity contribution in [3.05, 3.63) is 23.8 Å². The number of anilines is 1. The maximum atomic E-state index is 9.46. The lowest BCUT2D eigenvalue weighted by molar-refractivity contribution is 0.292. The van der Waals surface area contributed by atoms with Crippen LogP contribution in [-0.4, -0.2) is 29.9 Å². The highest BCUT2D eigenvalue weighted by Gasteiger charge is 2.00. The zero-order valence-corrected chi connectivity index (χ0v) is 8.03. The molecule has 0 amide bonds. The smallest absolute Gasteiger partial charge is 0.118 e. The first-order valence-corrected chi connectivity index (χ1v) is 4.63. The number of aromatic hydroxyl groups is 1. The summed E-state index contributed by atoms with van der Waals surface area (Å²) in [4.78, 5) is 0. The van der Waals surface area contributed by atoms with Gasteiger partial charge in [0.05, 0.1) is 6.61 Å². The number of phenolic OH excluding ortho intramolecular Hbond substituents is 1. The second-order valence-corrected chi connectivity index (χ2v) is 3.11. The number of benzene rings is 1. The Morgan fingerprint density at radius 3 is 2.79 bits per heavy atom. The Morgan fingerprint density at radius 1 is 1.29 bits per heavy atom. The van der Waals surface area contributed by atoms with Crippen molar-refractivity contribution >= 4 is 5.69 Å². The van der Waals surface area contributed by atoms with E-state index in [0.29, 0.717) is 18.7 Å². The van der Waals surface area contributed by atoms with E-state index in [1.807, 2.05) is 0 Å². The van der Waals surface area contributed by atoms with E-state index < -0.39 is 0 Å². The number of aliphatic hydroxyl groups excluding tert-OH is 1. The van der Waals surface area contributed by atoms with Gasteiger partial charge in [-0.15, -0.1) is 0 Å². The van der Waals surface area contributed by atoms with Gasteiger partial charge in [-0.1, -0.05) is 0 Å². The molecular weight excluding hydrogens is 180 g/mol. The van der Waals surface area contributed by atoms with E-state index in [1.165, 1.54) is 0 Å². The number of rotatable bonds is 5. The highest BCUT2D eigenvalue weighted by Crippen LogP contribution is 2.19. The average Bonchev–Trinajstić information content (AvgIpc) is 2.18. The molecule has 14 heavy (non-hydrogen) atoms. The summed E-state index contributed by atoms with van der Waals surface area (Å²) in [6.07, 6.45) is 0.705. The highest BCUT2D eigenvalue weighted by atomic mass is 16.3. The topological polar surface area (TPSA) is 78.5 Å². The van der Waals surface area contributed by atoms with Crippen molar-refractivity contribution in [1.29, 1.82) is 0 Å². The number of aliphatic hydroxyl groups is 1. The molecule has 0 aromatic heterocycles. The van der Waals surface area contributed by atoms with Gasteiger partial charge in [0.2, 0.25) is 0 Å². The molecule has 0 bridgehead atoms. The second kappa shape index (κ2) is 5.47. The maximum absolute atomic E-state index is 9.46. The lowest BCUT2D eigenvalue weighted by atomic mass is 10.1. The normalized spacial score (nSPS) is 10.4. The molecule has 0 aliphatic carbocycles. The summed E-state index contributed by atoms with van der Waals surface area (Å²) in [6.45, 7) is 1.42. The van der Waals surface area contributed by atoms with Gasteiger partial charge in [0.25, 0.3) is 0 Å². The molecule has 4 nitrogen and oxygen atoms in total. The van der Waals surface area contributed by atoms with Crippen LogP contribution in [0.5, 0.6) is 5.75 Å². The van der Waals surface area contributed by atoms with E-state index in [-0.39, 0.29) is 12.4 Å². The molecule has 0 saturated heterocycles. The summed E-state index contributed by atoms with van der Waals surface area (Å²) in [5.41, 5.74) is 7.07. The van der Waals surface area contributed by atoms with E-state index in [2.05, 4.69) is 5.32 Å². The van der Waals surface area contributed by atoms with Gasteiger partial charge in [0, 0.05) is 12.2 Å². The Labute approximate surface area is 83.4 Å². The van der Waals surface area contributed by atoms with Crippen LogP contribution in [0.25, 0.3) is 0 Å². The van der Waals surface area contributed by atoms with Crippen LogP contribution in [0.1, 0.15) is 5.56 Å². The van der Waals surface area contributed by atoms with Gasteiger partial charge < -0.3 is 21.3 Å². The lowest BCUT2D eigenvalue weighted by Gasteiger charge is -2.06. The Hall–Kier alpha value is -1.26. The van der Waals surface area contributed by atoms with Crippen molar-refractivity contribution in [2.24, 2.45) is 0 Å². The van der Waals surface area contributed by atoms with E-state index in [4.69, 9.17) is 10.8 Å². The Balaban J connectivity index is 2.45. The van der Waals surface area contributed by atoms with Crippen LogP contribution in [-0.2, 0) is 6.42 Å². The predicted octanol–water partition coefficient (Wildman–Crippen LogP) is 0.0988. The zero-order valence-electron chi connectivity index (χ0n) is 8.03. The number of hydrogen-bond acceptors (Lipinski definition) is 4. The number of nitrogens with one attached hydrogen (secondary N) is 1. The van der Waals surface area contributed by atoms with Crippen molar-refractivity contribution in [1.82, 2.24) is 5.32 Å². The quantitative estimate of drug-likeness (QED) is 0.306. The molecule has 0 spiro atoms. The van der Waals surface area contributed by atoms with Gasteiger partial charge in [-0.3, -0.25) is 0 Å². The molecule has 0 unspecified atom stereocenters. The van der Waals surface area contributed by atoms with Crippen molar-refractivity contribution < 1.29 is 10.2 Å².